The van der Waals surface area contributed by atoms with Gasteiger partial charge in [-0.1, -0.05) is 0 Å². The molecule has 0 aliphatic carbocycles. The fourth-order valence-electron chi connectivity index (χ4n) is 3.44. The summed E-state index contributed by atoms with van der Waals surface area (Å²) in [4.78, 5) is 12.2. The van der Waals surface area contributed by atoms with Gasteiger partial charge in [0.05, 0.1) is 45.2 Å². The van der Waals surface area contributed by atoms with Crippen LogP contribution in [0.4, 0.5) is 34.1 Å². The monoisotopic (exact) mass is 524 g/mol. The van der Waals surface area contributed by atoms with E-state index >= 15 is 0 Å². The van der Waals surface area contributed by atoms with Crippen molar-refractivity contribution in [3.05, 3.63) is 64.7 Å². The van der Waals surface area contributed by atoms with E-state index in [2.05, 4.69) is 20.5 Å². The number of nitro benzene ring substituents is 1. The van der Waals surface area contributed by atoms with E-state index in [1.807, 2.05) is 4.90 Å². The molecule has 0 saturated heterocycles. The summed E-state index contributed by atoms with van der Waals surface area (Å²) in [6.07, 6.45) is 0. The number of nitrogens with zero attached hydrogens (tertiary/aromatic N) is 6. The Morgan fingerprint density at radius 1 is 0.737 bits per heavy atom. The number of benzene rings is 3. The fourth-order valence-corrected chi connectivity index (χ4v) is 3.44. The van der Waals surface area contributed by atoms with Crippen molar-refractivity contribution in [1.82, 2.24) is 0 Å². The lowest BCUT2D eigenvalue weighted by molar-refractivity contribution is -0.384. The molecule has 0 aliphatic rings. The van der Waals surface area contributed by atoms with Gasteiger partial charge in [0.2, 0.25) is 0 Å². The number of azo groups is 2. The summed E-state index contributed by atoms with van der Waals surface area (Å²) in [7, 11) is 4.46. The average Bonchev–Trinajstić information content (AvgIpc) is 2.94. The van der Waals surface area contributed by atoms with Gasteiger partial charge in [-0.2, -0.15) is 5.11 Å². The second-order valence-electron chi connectivity index (χ2n) is 7.66. The molecule has 0 amide bonds. The number of methoxy groups -OCH3 is 3. The van der Waals surface area contributed by atoms with Crippen molar-refractivity contribution in [3.8, 4) is 17.2 Å². The van der Waals surface area contributed by atoms with E-state index in [-0.39, 0.29) is 18.9 Å². The zero-order chi connectivity index (χ0) is 27.5. The molecule has 3 aromatic carbocycles. The molecule has 3 rings (SSSR count). The van der Waals surface area contributed by atoms with E-state index in [1.54, 1.807) is 30.3 Å². The molecular formula is C25H28N6O7. The van der Waals surface area contributed by atoms with Gasteiger partial charge in [-0.25, -0.2) is 0 Å². The molecule has 2 N–H and O–H groups in total. The fraction of sp³-hybridized carbons (Fsp3) is 0.280. The molecule has 3 aromatic rings. The predicted molar refractivity (Wildman–Crippen MR) is 140 cm³/mol. The highest BCUT2D eigenvalue weighted by Crippen LogP contribution is 2.42. The second kappa shape index (κ2) is 13.6. The maximum Gasteiger partial charge on any atom is 0.269 e. The summed E-state index contributed by atoms with van der Waals surface area (Å²) in [5, 5.41) is 46.4. The van der Waals surface area contributed by atoms with Gasteiger partial charge in [0.15, 0.2) is 0 Å². The van der Waals surface area contributed by atoms with Crippen LogP contribution in [0.1, 0.15) is 0 Å². The Kier molecular flexibility index (Phi) is 10.0. The van der Waals surface area contributed by atoms with E-state index in [1.165, 1.54) is 45.6 Å². The number of hydrogen-bond donors (Lipinski definition) is 2. The van der Waals surface area contributed by atoms with Crippen molar-refractivity contribution in [1.29, 1.82) is 0 Å². The molecule has 13 nitrogen and oxygen atoms in total. The van der Waals surface area contributed by atoms with Crippen LogP contribution in [0.2, 0.25) is 0 Å². The molecule has 0 saturated carbocycles. The number of non-ortho nitro benzene ring substituents is 1. The maximum atomic E-state index is 10.8. The molecular weight excluding hydrogens is 496 g/mol. The lowest BCUT2D eigenvalue weighted by Crippen LogP contribution is -2.29. The summed E-state index contributed by atoms with van der Waals surface area (Å²) >= 11 is 0. The zero-order valence-corrected chi connectivity index (χ0v) is 21.1. The number of aliphatic hydroxyl groups is 2. The smallest absolute Gasteiger partial charge is 0.269 e. The van der Waals surface area contributed by atoms with Crippen LogP contribution in [0.15, 0.2) is 75.1 Å². The zero-order valence-electron chi connectivity index (χ0n) is 21.1. The summed E-state index contributed by atoms with van der Waals surface area (Å²) in [6, 6.07) is 14.1. The van der Waals surface area contributed by atoms with Crippen LogP contribution >= 0.6 is 0 Å². The first-order chi connectivity index (χ1) is 18.4. The van der Waals surface area contributed by atoms with Gasteiger partial charge in [-0.15, -0.1) is 15.3 Å². The quantitative estimate of drug-likeness (QED) is 0.174. The van der Waals surface area contributed by atoms with E-state index in [0.717, 1.165) is 5.69 Å². The summed E-state index contributed by atoms with van der Waals surface area (Å²) in [6.45, 7) is 0.592. The Labute approximate surface area is 218 Å². The van der Waals surface area contributed by atoms with Gasteiger partial charge < -0.3 is 29.3 Å². The number of nitro groups is 1. The van der Waals surface area contributed by atoms with Crippen molar-refractivity contribution in [3.63, 3.8) is 0 Å². The molecule has 0 heterocycles. The molecule has 0 radical (unpaired) electrons. The van der Waals surface area contributed by atoms with E-state index in [9.17, 15) is 20.3 Å². The Morgan fingerprint density at radius 3 is 1.74 bits per heavy atom. The number of rotatable bonds is 13. The first-order valence-corrected chi connectivity index (χ1v) is 11.4. The normalized spacial score (nSPS) is 11.2. The minimum absolute atomic E-state index is 0.0446. The van der Waals surface area contributed by atoms with Crippen LogP contribution in [0.5, 0.6) is 17.2 Å². The molecule has 0 aliphatic heterocycles. The van der Waals surface area contributed by atoms with Gasteiger partial charge in [0.1, 0.15) is 34.3 Å². The topological polar surface area (TPSA) is 164 Å². The van der Waals surface area contributed by atoms with Crippen LogP contribution in [0, 0.1) is 10.1 Å². The molecule has 200 valence electrons. The third-order valence-electron chi connectivity index (χ3n) is 5.35. The van der Waals surface area contributed by atoms with Gasteiger partial charge >= 0.3 is 0 Å². The molecule has 38 heavy (non-hydrogen) atoms. The molecule has 0 fully saturated rings. The molecule has 0 unspecified atom stereocenters. The number of ether oxygens (including phenoxy) is 3. The third-order valence-corrected chi connectivity index (χ3v) is 5.35. The van der Waals surface area contributed by atoms with Crippen LogP contribution < -0.4 is 19.1 Å². The van der Waals surface area contributed by atoms with Gasteiger partial charge in [0, 0.05) is 49.1 Å². The molecule has 13 heteroatoms. The Morgan fingerprint density at radius 2 is 1.24 bits per heavy atom. The number of hydrogen-bond acceptors (Lipinski definition) is 12. The minimum atomic E-state index is -0.491. The van der Waals surface area contributed by atoms with E-state index in [4.69, 9.17) is 14.2 Å². The van der Waals surface area contributed by atoms with Gasteiger partial charge in [-0.05, 0) is 24.3 Å². The Hall–Kier alpha value is -4.62. The lowest BCUT2D eigenvalue weighted by atomic mass is 10.2. The molecule has 0 atom stereocenters. The molecule has 0 spiro atoms. The van der Waals surface area contributed by atoms with Crippen molar-refractivity contribution in [2.45, 2.75) is 0 Å². The second-order valence-corrected chi connectivity index (χ2v) is 7.66. The largest absolute Gasteiger partial charge is 0.494 e. The molecule has 0 aromatic heterocycles. The van der Waals surface area contributed by atoms with Crippen LogP contribution in [0.3, 0.4) is 0 Å². The Bertz CT molecular complexity index is 1290. The highest BCUT2D eigenvalue weighted by molar-refractivity contribution is 5.67. The first-order valence-electron chi connectivity index (χ1n) is 11.4. The van der Waals surface area contributed by atoms with Crippen molar-refractivity contribution in [2.75, 3.05) is 52.5 Å². The summed E-state index contributed by atoms with van der Waals surface area (Å²) in [5.74, 6) is 1.17. The molecule has 0 bridgehead atoms. The van der Waals surface area contributed by atoms with Crippen LogP contribution in [0.25, 0.3) is 0 Å². The standard InChI is InChI=1S/C25H28N6O7/c1-36-23-14-19(30(10-12-32)11-13-33)8-9-20(23)27-29-22-16-24(37-2)21(15-25(22)38-3)28-26-17-4-6-18(7-5-17)31(34)35/h4-9,14-16,32-33H,10-13H2,1-3H3. The minimum Gasteiger partial charge on any atom is -0.494 e. The van der Waals surface area contributed by atoms with Crippen molar-refractivity contribution in [2.24, 2.45) is 20.5 Å². The predicted octanol–water partition coefficient (Wildman–Crippen LogP) is 5.24. The van der Waals surface area contributed by atoms with Crippen LogP contribution in [-0.4, -0.2) is 62.8 Å². The van der Waals surface area contributed by atoms with Gasteiger partial charge in [-0.3, -0.25) is 10.1 Å². The summed E-state index contributed by atoms with van der Waals surface area (Å²) < 4.78 is 16.4. The highest BCUT2D eigenvalue weighted by Gasteiger charge is 2.13. The number of anilines is 1. The van der Waals surface area contributed by atoms with Crippen molar-refractivity contribution < 1.29 is 29.3 Å². The van der Waals surface area contributed by atoms with Crippen molar-refractivity contribution >= 4 is 34.1 Å². The van der Waals surface area contributed by atoms with E-state index in [0.29, 0.717) is 53.1 Å². The van der Waals surface area contributed by atoms with E-state index < -0.39 is 4.92 Å². The summed E-state index contributed by atoms with van der Waals surface area (Å²) in [5.41, 5.74) is 2.31. The maximum absolute atomic E-state index is 10.8. The lowest BCUT2D eigenvalue weighted by Gasteiger charge is -2.23. The SMILES string of the molecule is COc1cc(N=Nc2ccc(N(CCO)CCO)cc2OC)c(OC)cc1N=Nc1ccc([N+](=O)[O-])cc1. The van der Waals surface area contributed by atoms with Crippen LogP contribution in [-0.2, 0) is 0 Å². The van der Waals surface area contributed by atoms with Gasteiger partial charge in [0.25, 0.3) is 5.69 Å². The number of aliphatic hydroxyl groups excluding tert-OH is 2. The third kappa shape index (κ3) is 6.99. The average molecular weight is 525 g/mol. The Balaban J connectivity index is 1.89. The highest BCUT2D eigenvalue weighted by atomic mass is 16.6. The first kappa shape index (κ1) is 28.0.